The van der Waals surface area contributed by atoms with Crippen LogP contribution in [0.2, 0.25) is 0 Å². The van der Waals surface area contributed by atoms with Crippen LogP contribution in [0.4, 0.5) is 5.69 Å². The zero-order valence-electron chi connectivity index (χ0n) is 17.5. The van der Waals surface area contributed by atoms with Gasteiger partial charge < -0.3 is 18.9 Å². The summed E-state index contributed by atoms with van der Waals surface area (Å²) in [6.45, 7) is 0.922. The number of benzene rings is 2. The van der Waals surface area contributed by atoms with E-state index in [1.54, 1.807) is 7.11 Å². The maximum absolute atomic E-state index is 6.08. The number of methoxy groups -OCH3 is 1. The molecule has 1 aliphatic heterocycles. The van der Waals surface area contributed by atoms with E-state index in [1.165, 1.54) is 0 Å². The number of aromatic nitrogens is 5. The molecule has 9 nitrogen and oxygen atoms in total. The Morgan fingerprint density at radius 2 is 1.84 bits per heavy atom. The van der Waals surface area contributed by atoms with Crippen molar-refractivity contribution in [2.75, 3.05) is 26.1 Å². The van der Waals surface area contributed by atoms with E-state index in [0.29, 0.717) is 30.6 Å². The summed E-state index contributed by atoms with van der Waals surface area (Å²) in [7, 11) is 5.64. The van der Waals surface area contributed by atoms with Gasteiger partial charge in [0.05, 0.1) is 26.0 Å². The fourth-order valence-electron chi connectivity index (χ4n) is 3.54. The second kappa shape index (κ2) is 7.84. The first-order chi connectivity index (χ1) is 15.1. The van der Waals surface area contributed by atoms with Crippen molar-refractivity contribution in [3.05, 3.63) is 59.8 Å². The van der Waals surface area contributed by atoms with Crippen LogP contribution in [0.1, 0.15) is 17.4 Å². The Hall–Kier alpha value is -3.72. The summed E-state index contributed by atoms with van der Waals surface area (Å²) >= 11 is 0. The third-order valence-electron chi connectivity index (χ3n) is 5.35. The Bertz CT molecular complexity index is 1180. The molecule has 1 atom stereocenters. The lowest BCUT2D eigenvalue weighted by molar-refractivity contribution is -0.00114. The summed E-state index contributed by atoms with van der Waals surface area (Å²) in [5.74, 6) is 1.65. The Morgan fingerprint density at radius 1 is 1.06 bits per heavy atom. The number of rotatable bonds is 5. The average Bonchev–Trinajstić information content (AvgIpc) is 3.46. The molecule has 5 rings (SSSR count). The van der Waals surface area contributed by atoms with Gasteiger partial charge in [0.2, 0.25) is 5.82 Å². The highest BCUT2D eigenvalue weighted by Gasteiger charge is 2.27. The number of fused-ring (bicyclic) bond motifs is 1. The summed E-state index contributed by atoms with van der Waals surface area (Å²) in [5, 5.41) is 12.7. The van der Waals surface area contributed by atoms with Crippen LogP contribution in [0, 0.1) is 0 Å². The van der Waals surface area contributed by atoms with Crippen molar-refractivity contribution in [1.29, 1.82) is 0 Å². The van der Waals surface area contributed by atoms with Gasteiger partial charge in [-0.25, -0.2) is 4.68 Å². The van der Waals surface area contributed by atoms with E-state index in [-0.39, 0.29) is 6.10 Å². The molecule has 0 bridgehead atoms. The SMILES string of the molecule is COc1ccc([C@H]2Cn3nnc(-c4noc(-c5ccc(N(C)C)cc5)n4)c3CO2)cc1. The minimum Gasteiger partial charge on any atom is -0.497 e. The molecule has 0 saturated carbocycles. The number of anilines is 1. The van der Waals surface area contributed by atoms with Crippen molar-refractivity contribution in [3.63, 3.8) is 0 Å². The van der Waals surface area contributed by atoms with Crippen LogP contribution < -0.4 is 9.64 Å². The predicted octanol–water partition coefficient (Wildman–Crippen LogP) is 3.34. The van der Waals surface area contributed by atoms with Crippen LogP contribution in [-0.4, -0.2) is 46.3 Å². The maximum Gasteiger partial charge on any atom is 0.258 e. The van der Waals surface area contributed by atoms with Gasteiger partial charge in [-0.05, 0) is 42.0 Å². The first kappa shape index (κ1) is 19.3. The van der Waals surface area contributed by atoms with E-state index in [2.05, 4.69) is 20.5 Å². The van der Waals surface area contributed by atoms with Crippen LogP contribution in [-0.2, 0) is 17.9 Å². The predicted molar refractivity (Wildman–Crippen MR) is 114 cm³/mol. The van der Waals surface area contributed by atoms with Crippen LogP contribution in [0.5, 0.6) is 5.75 Å². The lowest BCUT2D eigenvalue weighted by Gasteiger charge is -2.24. The molecule has 0 unspecified atom stereocenters. The van der Waals surface area contributed by atoms with Gasteiger partial charge in [-0.1, -0.05) is 22.5 Å². The summed E-state index contributed by atoms with van der Waals surface area (Å²) in [6.07, 6.45) is -0.107. The molecular formula is C22H22N6O3. The Morgan fingerprint density at radius 3 is 2.55 bits per heavy atom. The third kappa shape index (κ3) is 3.64. The first-order valence-electron chi connectivity index (χ1n) is 9.92. The number of hydrogen-bond donors (Lipinski definition) is 0. The van der Waals surface area contributed by atoms with Crippen LogP contribution in [0.15, 0.2) is 53.1 Å². The molecule has 0 saturated heterocycles. The lowest BCUT2D eigenvalue weighted by atomic mass is 10.1. The highest BCUT2D eigenvalue weighted by Crippen LogP contribution is 2.31. The van der Waals surface area contributed by atoms with Crippen LogP contribution in [0.3, 0.4) is 0 Å². The number of ether oxygens (including phenoxy) is 2. The quantitative estimate of drug-likeness (QED) is 0.487. The van der Waals surface area contributed by atoms with Crippen molar-refractivity contribution >= 4 is 5.69 Å². The molecule has 0 radical (unpaired) electrons. The van der Waals surface area contributed by atoms with E-state index >= 15 is 0 Å². The molecule has 0 spiro atoms. The number of hydrogen-bond acceptors (Lipinski definition) is 8. The molecule has 4 aromatic rings. The van der Waals surface area contributed by atoms with Gasteiger partial charge in [-0.2, -0.15) is 4.98 Å². The monoisotopic (exact) mass is 418 g/mol. The molecule has 31 heavy (non-hydrogen) atoms. The highest BCUT2D eigenvalue weighted by atomic mass is 16.5. The Labute approximate surface area is 179 Å². The lowest BCUT2D eigenvalue weighted by Crippen LogP contribution is -2.22. The molecule has 2 aromatic carbocycles. The van der Waals surface area contributed by atoms with Gasteiger partial charge in [-0.3, -0.25) is 0 Å². The van der Waals surface area contributed by atoms with Gasteiger partial charge in [0.15, 0.2) is 5.69 Å². The average molecular weight is 418 g/mol. The zero-order valence-corrected chi connectivity index (χ0v) is 17.5. The molecule has 0 N–H and O–H groups in total. The fraction of sp³-hybridized carbons (Fsp3) is 0.273. The van der Waals surface area contributed by atoms with Crippen molar-refractivity contribution < 1.29 is 14.0 Å². The topological polar surface area (TPSA) is 91.3 Å². The van der Waals surface area contributed by atoms with Gasteiger partial charge >= 0.3 is 0 Å². The van der Waals surface area contributed by atoms with Crippen molar-refractivity contribution in [1.82, 2.24) is 25.1 Å². The minimum atomic E-state index is -0.107. The molecule has 3 heterocycles. The summed E-state index contributed by atoms with van der Waals surface area (Å²) in [6, 6.07) is 15.8. The van der Waals surface area contributed by atoms with Crippen LogP contribution in [0.25, 0.3) is 23.0 Å². The zero-order chi connectivity index (χ0) is 21.4. The van der Waals surface area contributed by atoms with E-state index < -0.39 is 0 Å². The largest absolute Gasteiger partial charge is 0.497 e. The molecule has 0 fully saturated rings. The Kier molecular flexibility index (Phi) is 4.87. The van der Waals surface area contributed by atoms with Crippen molar-refractivity contribution in [2.24, 2.45) is 0 Å². The van der Waals surface area contributed by atoms with Crippen LogP contribution >= 0.6 is 0 Å². The standard InChI is InChI=1S/C22H22N6O3/c1-27(2)16-8-4-15(5-9-16)22-23-21(25-31-22)20-18-13-30-19(12-28(18)26-24-20)14-6-10-17(29-3)11-7-14/h4-11,19H,12-13H2,1-3H3/t19-/m1/s1. The first-order valence-corrected chi connectivity index (χ1v) is 9.92. The van der Waals surface area contributed by atoms with E-state index in [4.69, 9.17) is 14.0 Å². The van der Waals surface area contributed by atoms with Gasteiger partial charge in [0, 0.05) is 25.3 Å². The molecule has 158 valence electrons. The highest BCUT2D eigenvalue weighted by molar-refractivity contribution is 5.61. The molecule has 0 amide bonds. The smallest absolute Gasteiger partial charge is 0.258 e. The van der Waals surface area contributed by atoms with Gasteiger partial charge in [0.25, 0.3) is 5.89 Å². The van der Waals surface area contributed by atoms with E-state index in [1.807, 2.05) is 72.2 Å². The summed E-state index contributed by atoms with van der Waals surface area (Å²) in [4.78, 5) is 6.56. The fourth-order valence-corrected chi connectivity index (χ4v) is 3.54. The third-order valence-corrected chi connectivity index (χ3v) is 5.35. The Balaban J connectivity index is 1.36. The van der Waals surface area contributed by atoms with Crippen molar-refractivity contribution in [2.45, 2.75) is 19.3 Å². The van der Waals surface area contributed by atoms with E-state index in [9.17, 15) is 0 Å². The molecule has 2 aromatic heterocycles. The summed E-state index contributed by atoms with van der Waals surface area (Å²) in [5.41, 5.74) is 4.42. The number of nitrogens with zero attached hydrogens (tertiary/aromatic N) is 6. The molecule has 0 aliphatic carbocycles. The second-order valence-electron chi connectivity index (χ2n) is 7.50. The van der Waals surface area contributed by atoms with Gasteiger partial charge in [0.1, 0.15) is 11.9 Å². The normalized spacial score (nSPS) is 15.5. The molecular weight excluding hydrogens is 396 g/mol. The molecule has 9 heteroatoms. The summed E-state index contributed by atoms with van der Waals surface area (Å²) < 4.78 is 18.6. The minimum absolute atomic E-state index is 0.107. The van der Waals surface area contributed by atoms with Crippen molar-refractivity contribution in [3.8, 4) is 28.7 Å². The molecule has 1 aliphatic rings. The second-order valence-corrected chi connectivity index (χ2v) is 7.50. The van der Waals surface area contributed by atoms with Gasteiger partial charge in [-0.15, -0.1) is 5.10 Å². The maximum atomic E-state index is 6.08. The van der Waals surface area contributed by atoms with E-state index in [0.717, 1.165) is 28.3 Å².